The minimum absolute atomic E-state index is 0.125. The largest absolute Gasteiger partial charge is 0.481 e. The number of rotatable bonds is 2. The summed E-state index contributed by atoms with van der Waals surface area (Å²) < 4.78 is 10.4. The van der Waals surface area contributed by atoms with Gasteiger partial charge >= 0.3 is 11.9 Å². The summed E-state index contributed by atoms with van der Waals surface area (Å²) in [6.07, 6.45) is 9.39. The molecule has 1 heterocycles. The molecule has 0 aromatic carbocycles. The van der Waals surface area contributed by atoms with E-state index in [9.17, 15) is 9.59 Å². The van der Waals surface area contributed by atoms with E-state index in [1.54, 1.807) is 0 Å². The lowest BCUT2D eigenvalue weighted by Gasteiger charge is -2.20. The number of carboxylic acids is 1. The predicted molar refractivity (Wildman–Crippen MR) is 83.6 cm³/mol. The summed E-state index contributed by atoms with van der Waals surface area (Å²) in [5.74, 6) is -1.54. The zero-order valence-corrected chi connectivity index (χ0v) is 13.6. The molecule has 1 N–H and O–H groups in total. The highest BCUT2D eigenvalue weighted by Gasteiger charge is 2.27. The second kappa shape index (κ2) is 9.82. The average Bonchev–Trinajstić information content (AvgIpc) is 2.51. The molecule has 1 aliphatic carbocycles. The van der Waals surface area contributed by atoms with E-state index >= 15 is 0 Å². The van der Waals surface area contributed by atoms with Crippen molar-refractivity contribution in [2.24, 2.45) is 5.92 Å². The van der Waals surface area contributed by atoms with Crippen molar-refractivity contribution >= 4 is 17.9 Å². The maximum Gasteiger partial charge on any atom is 0.309 e. The van der Waals surface area contributed by atoms with E-state index < -0.39 is 5.97 Å². The number of carbonyl (C=O) groups excluding carboxylic acids is 2. The van der Waals surface area contributed by atoms with Crippen molar-refractivity contribution in [2.75, 3.05) is 6.61 Å². The quantitative estimate of drug-likeness (QED) is 0.785. The number of ether oxygens (including phenoxy) is 2. The molecule has 1 aliphatic heterocycles. The lowest BCUT2D eigenvalue weighted by atomic mass is 9.90. The molecule has 1 fully saturated rings. The molecule has 128 valence electrons. The van der Waals surface area contributed by atoms with Crippen molar-refractivity contribution in [3.05, 3.63) is 23.8 Å². The van der Waals surface area contributed by atoms with Crippen LogP contribution in [-0.4, -0.2) is 35.7 Å². The lowest BCUT2D eigenvalue weighted by Crippen LogP contribution is -2.23. The average molecular weight is 324 g/mol. The van der Waals surface area contributed by atoms with Crippen LogP contribution in [0.5, 0.6) is 0 Å². The number of hydrogen-bond donors (Lipinski definition) is 1. The Morgan fingerprint density at radius 2 is 2.04 bits per heavy atom. The molecular weight excluding hydrogens is 300 g/mol. The third-order valence-corrected chi connectivity index (χ3v) is 3.44. The topological polar surface area (TPSA) is 89.9 Å². The van der Waals surface area contributed by atoms with E-state index in [1.807, 2.05) is 13.0 Å². The van der Waals surface area contributed by atoms with E-state index in [-0.39, 0.29) is 37.0 Å². The van der Waals surface area contributed by atoms with Crippen molar-refractivity contribution in [2.45, 2.75) is 52.1 Å². The molecule has 0 saturated carbocycles. The highest BCUT2D eigenvalue weighted by molar-refractivity contribution is 5.75. The first-order chi connectivity index (χ1) is 10.9. The van der Waals surface area contributed by atoms with Crippen molar-refractivity contribution in [3.8, 4) is 0 Å². The van der Waals surface area contributed by atoms with Gasteiger partial charge in [0.25, 0.3) is 5.97 Å². The number of cyclic esters (lactones) is 2. The molecule has 0 spiro atoms. The minimum Gasteiger partial charge on any atom is -0.481 e. The first-order valence-electron chi connectivity index (χ1n) is 7.78. The van der Waals surface area contributed by atoms with E-state index in [4.69, 9.17) is 19.4 Å². The van der Waals surface area contributed by atoms with E-state index in [1.165, 1.54) is 5.57 Å². The van der Waals surface area contributed by atoms with Crippen LogP contribution in [0.4, 0.5) is 0 Å². The zero-order chi connectivity index (χ0) is 17.2. The Bertz CT molecular complexity index is 487. The van der Waals surface area contributed by atoms with Crippen LogP contribution in [0.25, 0.3) is 0 Å². The molecule has 6 nitrogen and oxygen atoms in total. The number of carbonyl (C=O) groups is 3. The van der Waals surface area contributed by atoms with Crippen LogP contribution in [-0.2, 0) is 23.9 Å². The highest BCUT2D eigenvalue weighted by Crippen LogP contribution is 2.25. The Balaban J connectivity index is 0.000000593. The van der Waals surface area contributed by atoms with Gasteiger partial charge in [-0.25, -0.2) is 0 Å². The molecule has 1 saturated heterocycles. The Morgan fingerprint density at radius 1 is 1.35 bits per heavy atom. The smallest absolute Gasteiger partial charge is 0.309 e. The van der Waals surface area contributed by atoms with Gasteiger partial charge in [-0.15, -0.1) is 0 Å². The van der Waals surface area contributed by atoms with Gasteiger partial charge in [-0.1, -0.05) is 23.8 Å². The SMILES string of the molecule is CC(=O)O.CC1CC(CC2=CC=CCC2)C(=O)OCCC(=O)O1. The summed E-state index contributed by atoms with van der Waals surface area (Å²) in [7, 11) is 0. The third-order valence-electron chi connectivity index (χ3n) is 3.44. The number of carboxylic acid groups (broad SMARTS) is 1. The molecule has 2 aliphatic rings. The molecule has 0 aromatic heterocycles. The normalized spacial score (nSPS) is 24.7. The third kappa shape index (κ3) is 8.18. The lowest BCUT2D eigenvalue weighted by molar-refractivity contribution is -0.149. The van der Waals surface area contributed by atoms with Gasteiger partial charge in [-0.3, -0.25) is 14.4 Å². The molecule has 2 rings (SSSR count). The van der Waals surface area contributed by atoms with Crippen molar-refractivity contribution < 1.29 is 29.0 Å². The maximum atomic E-state index is 12.0. The van der Waals surface area contributed by atoms with E-state index in [0.717, 1.165) is 19.8 Å². The standard InChI is InChI=1S/C15H20O4.C2H4O2/c1-11-9-13(10-12-5-3-2-4-6-12)15(17)18-8-7-14(16)19-11;1-2(3)4/h2-3,5,11,13H,4,6-10H2,1H3;1H3,(H,3,4). The van der Waals surface area contributed by atoms with Gasteiger partial charge in [-0.05, 0) is 32.6 Å². The van der Waals surface area contributed by atoms with Crippen molar-refractivity contribution in [1.82, 2.24) is 0 Å². The Hall–Kier alpha value is -2.11. The Labute approximate surface area is 136 Å². The monoisotopic (exact) mass is 324 g/mol. The van der Waals surface area contributed by atoms with Gasteiger partial charge in [0.2, 0.25) is 0 Å². The van der Waals surface area contributed by atoms with Gasteiger partial charge in [0.05, 0.1) is 18.4 Å². The molecule has 6 heteroatoms. The fraction of sp³-hybridized carbons (Fsp3) is 0.588. The Kier molecular flexibility index (Phi) is 8.08. The van der Waals surface area contributed by atoms with Crippen LogP contribution in [0.3, 0.4) is 0 Å². The number of esters is 2. The van der Waals surface area contributed by atoms with Gasteiger partial charge in [0.15, 0.2) is 0 Å². The van der Waals surface area contributed by atoms with Crippen LogP contribution in [0.15, 0.2) is 23.8 Å². The second-order valence-electron chi connectivity index (χ2n) is 5.67. The number of allylic oxidation sites excluding steroid dienone is 4. The molecule has 0 amide bonds. The Morgan fingerprint density at radius 3 is 2.65 bits per heavy atom. The van der Waals surface area contributed by atoms with Crippen molar-refractivity contribution in [3.63, 3.8) is 0 Å². The number of hydrogen-bond acceptors (Lipinski definition) is 5. The van der Waals surface area contributed by atoms with Gasteiger partial charge in [-0.2, -0.15) is 0 Å². The first-order valence-corrected chi connectivity index (χ1v) is 7.78. The molecule has 0 radical (unpaired) electrons. The molecule has 0 bridgehead atoms. The summed E-state index contributed by atoms with van der Waals surface area (Å²) in [6.45, 7) is 3.04. The molecular formula is C17H24O6. The summed E-state index contributed by atoms with van der Waals surface area (Å²) in [4.78, 5) is 32.4. The highest BCUT2D eigenvalue weighted by atomic mass is 16.6. The number of aliphatic carboxylic acids is 1. The van der Waals surface area contributed by atoms with Gasteiger partial charge in [0, 0.05) is 6.92 Å². The predicted octanol–water partition coefficient (Wildman–Crippen LogP) is 2.63. The first kappa shape index (κ1) is 18.9. The van der Waals surface area contributed by atoms with Crippen LogP contribution in [0, 0.1) is 5.92 Å². The summed E-state index contributed by atoms with van der Waals surface area (Å²) in [5.41, 5.74) is 1.27. The van der Waals surface area contributed by atoms with Crippen LogP contribution < -0.4 is 0 Å². The van der Waals surface area contributed by atoms with Crippen LogP contribution >= 0.6 is 0 Å². The molecule has 23 heavy (non-hydrogen) atoms. The van der Waals surface area contributed by atoms with Crippen LogP contribution in [0.2, 0.25) is 0 Å². The molecule has 2 unspecified atom stereocenters. The van der Waals surface area contributed by atoms with Crippen LogP contribution in [0.1, 0.15) is 46.0 Å². The van der Waals surface area contributed by atoms with Gasteiger partial charge in [0.1, 0.15) is 6.61 Å². The van der Waals surface area contributed by atoms with E-state index in [2.05, 4.69) is 12.2 Å². The van der Waals surface area contributed by atoms with Gasteiger partial charge < -0.3 is 14.6 Å². The van der Waals surface area contributed by atoms with Crippen molar-refractivity contribution in [1.29, 1.82) is 0 Å². The summed E-state index contributed by atoms with van der Waals surface area (Å²) in [6, 6.07) is 0. The fourth-order valence-electron chi connectivity index (χ4n) is 2.49. The van der Waals surface area contributed by atoms with E-state index in [0.29, 0.717) is 12.8 Å². The molecule has 0 aromatic rings. The second-order valence-corrected chi connectivity index (χ2v) is 5.67. The zero-order valence-electron chi connectivity index (χ0n) is 13.6. The summed E-state index contributed by atoms with van der Waals surface area (Å²) >= 11 is 0. The minimum atomic E-state index is -0.833. The maximum absolute atomic E-state index is 12.0. The summed E-state index contributed by atoms with van der Waals surface area (Å²) in [5, 5.41) is 7.42. The molecule has 2 atom stereocenters. The fourth-order valence-corrected chi connectivity index (χ4v) is 2.49.